The lowest BCUT2D eigenvalue weighted by Gasteiger charge is -2.07. The maximum atomic E-state index is 12.8. The summed E-state index contributed by atoms with van der Waals surface area (Å²) in [4.78, 5) is 14.6. The average molecular weight is 348 g/mol. The molecule has 1 aromatic heterocycles. The lowest BCUT2D eigenvalue weighted by molar-refractivity contribution is 0.595. The van der Waals surface area contributed by atoms with Crippen molar-refractivity contribution in [2.45, 2.75) is 23.6 Å². The Kier molecular flexibility index (Phi) is 3.78. The summed E-state index contributed by atoms with van der Waals surface area (Å²) in [5, 5.41) is 1.01. The van der Waals surface area contributed by atoms with E-state index in [0.717, 1.165) is 11.1 Å². The molecule has 6 heteroatoms. The number of fused-ring (bicyclic) bond motifs is 1. The molecule has 2 aromatic carbocycles. The topological polar surface area (TPSA) is 67.0 Å². The molecule has 0 atom stereocenters. The molecular weight excluding hydrogens is 334 g/mol. The van der Waals surface area contributed by atoms with Crippen molar-refractivity contribution in [2.75, 3.05) is 0 Å². The number of pyridine rings is 1. The SMILES string of the molecule is Cc1ccc2[nH]c(=O)c(S(=O)(=O)c3ccc(C)c(Cl)c3)cc2c1. The van der Waals surface area contributed by atoms with E-state index >= 15 is 0 Å². The lowest BCUT2D eigenvalue weighted by atomic mass is 10.1. The molecular formula is C17H14ClNO3S. The first-order valence-corrected chi connectivity index (χ1v) is 8.80. The number of halogens is 1. The largest absolute Gasteiger partial charge is 0.321 e. The zero-order valence-electron chi connectivity index (χ0n) is 12.6. The molecule has 0 amide bonds. The van der Waals surface area contributed by atoms with Gasteiger partial charge in [-0.05, 0) is 55.1 Å². The van der Waals surface area contributed by atoms with Crippen LogP contribution in [0.2, 0.25) is 5.02 Å². The van der Waals surface area contributed by atoms with E-state index in [4.69, 9.17) is 11.6 Å². The number of sulfone groups is 1. The molecule has 0 unspecified atom stereocenters. The van der Waals surface area contributed by atoms with Crippen LogP contribution in [0.4, 0.5) is 0 Å². The molecule has 0 radical (unpaired) electrons. The Labute approximate surface area is 138 Å². The van der Waals surface area contributed by atoms with Gasteiger partial charge in [0.25, 0.3) is 5.56 Å². The summed E-state index contributed by atoms with van der Waals surface area (Å²) >= 11 is 6.01. The van der Waals surface area contributed by atoms with Gasteiger partial charge in [0.05, 0.1) is 4.90 Å². The zero-order chi connectivity index (χ0) is 16.8. The molecule has 3 rings (SSSR count). The summed E-state index contributed by atoms with van der Waals surface area (Å²) in [5.41, 5.74) is 1.71. The van der Waals surface area contributed by atoms with Crippen molar-refractivity contribution in [3.8, 4) is 0 Å². The van der Waals surface area contributed by atoms with Crippen LogP contribution in [0.25, 0.3) is 10.9 Å². The fourth-order valence-electron chi connectivity index (χ4n) is 2.37. The van der Waals surface area contributed by atoms with E-state index in [1.54, 1.807) is 19.1 Å². The first-order chi connectivity index (χ1) is 10.8. The Hall–Kier alpha value is -2.11. The summed E-state index contributed by atoms with van der Waals surface area (Å²) in [6, 6.07) is 11.3. The van der Waals surface area contributed by atoms with Crippen molar-refractivity contribution in [1.82, 2.24) is 4.98 Å². The summed E-state index contributed by atoms with van der Waals surface area (Å²) in [6.07, 6.45) is 0. The number of hydrogen-bond acceptors (Lipinski definition) is 3. The van der Waals surface area contributed by atoms with E-state index in [1.165, 1.54) is 18.2 Å². The minimum absolute atomic E-state index is 0.00519. The van der Waals surface area contributed by atoms with Crippen LogP contribution >= 0.6 is 11.6 Å². The number of aromatic amines is 1. The van der Waals surface area contributed by atoms with Crippen molar-refractivity contribution < 1.29 is 8.42 Å². The van der Waals surface area contributed by atoms with Gasteiger partial charge in [0, 0.05) is 10.5 Å². The zero-order valence-corrected chi connectivity index (χ0v) is 14.1. The molecule has 0 fully saturated rings. The van der Waals surface area contributed by atoms with Crippen LogP contribution in [0, 0.1) is 13.8 Å². The van der Waals surface area contributed by atoms with Crippen LogP contribution in [0.5, 0.6) is 0 Å². The second kappa shape index (κ2) is 5.51. The van der Waals surface area contributed by atoms with E-state index in [0.29, 0.717) is 15.9 Å². The van der Waals surface area contributed by atoms with Crippen molar-refractivity contribution in [3.63, 3.8) is 0 Å². The number of rotatable bonds is 2. The van der Waals surface area contributed by atoms with Crippen LogP contribution in [-0.2, 0) is 9.84 Å². The predicted octanol–water partition coefficient (Wildman–Crippen LogP) is 3.63. The van der Waals surface area contributed by atoms with Gasteiger partial charge in [-0.3, -0.25) is 4.79 Å². The van der Waals surface area contributed by atoms with Gasteiger partial charge in [0.15, 0.2) is 0 Å². The minimum atomic E-state index is -3.94. The standard InChI is InChI=1S/C17H14ClNO3S/c1-10-3-6-15-12(7-10)8-16(17(20)19-15)23(21,22)13-5-4-11(2)14(18)9-13/h3-9H,1-2H3,(H,19,20). The molecule has 0 bridgehead atoms. The molecule has 0 aliphatic heterocycles. The van der Waals surface area contributed by atoms with Crippen molar-refractivity contribution in [3.05, 3.63) is 69.0 Å². The van der Waals surface area contributed by atoms with E-state index in [2.05, 4.69) is 4.98 Å². The van der Waals surface area contributed by atoms with Gasteiger partial charge in [-0.25, -0.2) is 8.42 Å². The third-order valence-corrected chi connectivity index (χ3v) is 5.87. The Morgan fingerprint density at radius 2 is 1.74 bits per heavy atom. The van der Waals surface area contributed by atoms with Gasteiger partial charge < -0.3 is 4.98 Å². The summed E-state index contributed by atoms with van der Waals surface area (Å²) in [7, 11) is -3.94. The first kappa shape index (κ1) is 15.8. The molecule has 0 aliphatic rings. The highest BCUT2D eigenvalue weighted by Gasteiger charge is 2.22. The molecule has 3 aromatic rings. The molecule has 0 spiro atoms. The van der Waals surface area contributed by atoms with Gasteiger partial charge in [0.1, 0.15) is 4.90 Å². The Morgan fingerprint density at radius 1 is 1.00 bits per heavy atom. The van der Waals surface area contributed by atoms with Crippen LogP contribution < -0.4 is 5.56 Å². The van der Waals surface area contributed by atoms with Gasteiger partial charge in [-0.15, -0.1) is 0 Å². The Morgan fingerprint density at radius 3 is 2.43 bits per heavy atom. The highest BCUT2D eigenvalue weighted by Crippen LogP contribution is 2.25. The third-order valence-electron chi connectivity index (χ3n) is 3.71. The number of nitrogens with one attached hydrogen (secondary N) is 1. The molecule has 23 heavy (non-hydrogen) atoms. The van der Waals surface area contributed by atoms with Crippen molar-refractivity contribution >= 4 is 32.3 Å². The molecule has 0 saturated heterocycles. The number of hydrogen-bond donors (Lipinski definition) is 1. The molecule has 1 heterocycles. The summed E-state index contributed by atoms with van der Waals surface area (Å²) in [5.74, 6) is 0. The molecule has 118 valence electrons. The van der Waals surface area contributed by atoms with Crippen LogP contribution in [0.15, 0.2) is 57.1 Å². The normalized spacial score (nSPS) is 11.8. The first-order valence-electron chi connectivity index (χ1n) is 6.94. The van der Waals surface area contributed by atoms with Gasteiger partial charge >= 0.3 is 0 Å². The molecule has 0 saturated carbocycles. The van der Waals surface area contributed by atoms with Crippen LogP contribution in [-0.4, -0.2) is 13.4 Å². The van der Waals surface area contributed by atoms with E-state index < -0.39 is 15.4 Å². The fourth-order valence-corrected chi connectivity index (χ4v) is 3.97. The third kappa shape index (κ3) is 2.78. The highest BCUT2D eigenvalue weighted by atomic mass is 35.5. The number of aryl methyl sites for hydroxylation is 2. The average Bonchev–Trinajstić information content (AvgIpc) is 2.49. The maximum absolute atomic E-state index is 12.8. The number of benzene rings is 2. The summed E-state index contributed by atoms with van der Waals surface area (Å²) < 4.78 is 25.5. The van der Waals surface area contributed by atoms with Crippen LogP contribution in [0.1, 0.15) is 11.1 Å². The van der Waals surface area contributed by atoms with E-state index in [1.807, 2.05) is 19.1 Å². The lowest BCUT2D eigenvalue weighted by Crippen LogP contribution is -2.17. The van der Waals surface area contributed by atoms with Gasteiger partial charge in [-0.1, -0.05) is 29.3 Å². The number of H-pyrrole nitrogens is 1. The van der Waals surface area contributed by atoms with E-state index in [9.17, 15) is 13.2 Å². The van der Waals surface area contributed by atoms with E-state index in [-0.39, 0.29) is 9.79 Å². The summed E-state index contributed by atoms with van der Waals surface area (Å²) in [6.45, 7) is 3.68. The number of aromatic nitrogens is 1. The fraction of sp³-hybridized carbons (Fsp3) is 0.118. The highest BCUT2D eigenvalue weighted by molar-refractivity contribution is 7.91. The van der Waals surface area contributed by atoms with Crippen LogP contribution in [0.3, 0.4) is 0 Å². The molecule has 0 aliphatic carbocycles. The quantitative estimate of drug-likeness (QED) is 0.769. The maximum Gasteiger partial charge on any atom is 0.267 e. The molecule has 4 nitrogen and oxygen atoms in total. The van der Waals surface area contributed by atoms with Crippen molar-refractivity contribution in [1.29, 1.82) is 0 Å². The van der Waals surface area contributed by atoms with Gasteiger partial charge in [-0.2, -0.15) is 0 Å². The predicted molar refractivity (Wildman–Crippen MR) is 90.9 cm³/mol. The van der Waals surface area contributed by atoms with Gasteiger partial charge in [0.2, 0.25) is 9.84 Å². The smallest absolute Gasteiger partial charge is 0.267 e. The van der Waals surface area contributed by atoms with Crippen molar-refractivity contribution in [2.24, 2.45) is 0 Å². The monoisotopic (exact) mass is 347 g/mol. The Bertz CT molecular complexity index is 1080. The molecule has 1 N–H and O–H groups in total. The second-order valence-electron chi connectivity index (χ2n) is 5.47. The second-order valence-corrected chi connectivity index (χ2v) is 7.79. The Balaban J connectivity index is 2.27. The minimum Gasteiger partial charge on any atom is -0.321 e.